The predicted molar refractivity (Wildman–Crippen MR) is 98.9 cm³/mol. The van der Waals surface area contributed by atoms with Gasteiger partial charge in [-0.25, -0.2) is 10.4 Å². The zero-order valence-corrected chi connectivity index (χ0v) is 14.9. The summed E-state index contributed by atoms with van der Waals surface area (Å²) >= 11 is 11.5. The van der Waals surface area contributed by atoms with E-state index in [1.165, 1.54) is 6.20 Å². The number of carbonyl (C=O) groups excluding carboxylic acids is 2. The molecule has 0 aliphatic carbocycles. The molecule has 0 saturated carbocycles. The van der Waals surface area contributed by atoms with Gasteiger partial charge >= 0.3 is 0 Å². The fraction of sp³-hybridized carbons (Fsp3) is 0.176. The Labute approximate surface area is 155 Å². The second-order valence-electron chi connectivity index (χ2n) is 5.27. The van der Waals surface area contributed by atoms with Crippen LogP contribution < -0.4 is 10.7 Å². The molecule has 0 saturated heterocycles. The van der Waals surface area contributed by atoms with Gasteiger partial charge in [-0.3, -0.25) is 9.59 Å². The van der Waals surface area contributed by atoms with E-state index in [1.807, 2.05) is 0 Å². The van der Waals surface area contributed by atoms with Crippen molar-refractivity contribution in [3.8, 4) is 0 Å². The molecule has 2 rings (SSSR count). The Bertz CT molecular complexity index is 774. The number of nitrogens with one attached hydrogen (secondary N) is 2. The number of nitrogens with zero attached hydrogens (tertiary/aromatic N) is 2. The van der Waals surface area contributed by atoms with E-state index in [4.69, 9.17) is 23.2 Å². The molecule has 1 aromatic heterocycles. The van der Waals surface area contributed by atoms with Crippen LogP contribution in [0.15, 0.2) is 47.7 Å². The minimum Gasteiger partial charge on any atom is -0.310 e. The maximum atomic E-state index is 11.9. The first-order valence-electron chi connectivity index (χ1n) is 7.40. The van der Waals surface area contributed by atoms with Gasteiger partial charge < -0.3 is 5.32 Å². The van der Waals surface area contributed by atoms with Gasteiger partial charge in [-0.1, -0.05) is 35.3 Å². The molecule has 2 amide bonds. The summed E-state index contributed by atoms with van der Waals surface area (Å²) in [5.41, 5.74) is 3.71. The van der Waals surface area contributed by atoms with Crippen LogP contribution in [0.2, 0.25) is 10.0 Å². The van der Waals surface area contributed by atoms with Gasteiger partial charge in [-0.05, 0) is 36.8 Å². The van der Waals surface area contributed by atoms with Crippen molar-refractivity contribution in [2.45, 2.75) is 19.8 Å². The molecule has 8 heteroatoms. The number of halogens is 2. The molecule has 0 unspecified atom stereocenters. The van der Waals surface area contributed by atoms with Crippen LogP contribution >= 0.6 is 23.2 Å². The first-order chi connectivity index (χ1) is 11.9. The van der Waals surface area contributed by atoms with Crippen molar-refractivity contribution in [1.29, 1.82) is 0 Å². The van der Waals surface area contributed by atoms with Crippen molar-refractivity contribution in [1.82, 2.24) is 10.4 Å². The van der Waals surface area contributed by atoms with E-state index in [-0.39, 0.29) is 24.7 Å². The van der Waals surface area contributed by atoms with Crippen LogP contribution in [0.4, 0.5) is 5.82 Å². The van der Waals surface area contributed by atoms with E-state index in [0.717, 1.165) is 5.56 Å². The van der Waals surface area contributed by atoms with E-state index in [9.17, 15) is 9.59 Å². The Morgan fingerprint density at radius 2 is 1.72 bits per heavy atom. The number of aromatic nitrogens is 1. The Kier molecular flexibility index (Phi) is 6.91. The van der Waals surface area contributed by atoms with Gasteiger partial charge in [0.15, 0.2) is 0 Å². The van der Waals surface area contributed by atoms with E-state index in [2.05, 4.69) is 20.8 Å². The van der Waals surface area contributed by atoms with Gasteiger partial charge in [0, 0.05) is 16.9 Å². The number of hydrogen-bond acceptors (Lipinski definition) is 4. The zero-order chi connectivity index (χ0) is 18.2. The lowest BCUT2D eigenvalue weighted by atomic mass is 10.1. The van der Waals surface area contributed by atoms with Crippen molar-refractivity contribution in [2.24, 2.45) is 5.10 Å². The Hall–Kier alpha value is -2.44. The molecule has 6 nitrogen and oxygen atoms in total. The van der Waals surface area contributed by atoms with Crippen LogP contribution in [0, 0.1) is 0 Å². The molecule has 0 aliphatic heterocycles. The van der Waals surface area contributed by atoms with Gasteiger partial charge in [0.05, 0.1) is 17.9 Å². The average molecular weight is 379 g/mol. The van der Waals surface area contributed by atoms with Crippen LogP contribution in [0.25, 0.3) is 0 Å². The summed E-state index contributed by atoms with van der Waals surface area (Å²) in [6, 6.07) is 10.2. The normalized spacial score (nSPS) is 11.1. The molecule has 1 heterocycles. The largest absolute Gasteiger partial charge is 0.310 e. The lowest BCUT2D eigenvalue weighted by molar-refractivity contribution is -0.120. The molecule has 0 aliphatic rings. The molecule has 0 radical (unpaired) electrons. The van der Waals surface area contributed by atoms with Crippen LogP contribution in [-0.4, -0.2) is 22.5 Å². The number of hydrogen-bond donors (Lipinski definition) is 2. The van der Waals surface area contributed by atoms with Gasteiger partial charge in [-0.2, -0.15) is 5.10 Å². The summed E-state index contributed by atoms with van der Waals surface area (Å²) in [5, 5.41) is 7.64. The molecule has 25 heavy (non-hydrogen) atoms. The highest BCUT2D eigenvalue weighted by molar-refractivity contribution is 6.30. The predicted octanol–water partition coefficient (Wildman–Crippen LogP) is 3.45. The Morgan fingerprint density at radius 1 is 1.04 bits per heavy atom. The number of amides is 2. The van der Waals surface area contributed by atoms with Crippen molar-refractivity contribution in [3.05, 3.63) is 58.2 Å². The number of benzene rings is 1. The number of carbonyl (C=O) groups is 2. The molecule has 130 valence electrons. The minimum atomic E-state index is -0.289. The quantitative estimate of drug-likeness (QED) is 0.596. The number of anilines is 1. The van der Waals surface area contributed by atoms with Crippen molar-refractivity contribution < 1.29 is 9.59 Å². The molecule has 0 atom stereocenters. The molecule has 0 bridgehead atoms. The lowest BCUT2D eigenvalue weighted by Crippen LogP contribution is -2.23. The smallest absolute Gasteiger partial charge is 0.244 e. The number of pyridine rings is 1. The average Bonchev–Trinajstić information content (AvgIpc) is 2.57. The van der Waals surface area contributed by atoms with Gasteiger partial charge in [0.25, 0.3) is 0 Å². The van der Waals surface area contributed by atoms with Crippen LogP contribution in [-0.2, 0) is 16.0 Å². The third-order valence-corrected chi connectivity index (χ3v) is 3.54. The second kappa shape index (κ2) is 9.15. The van der Waals surface area contributed by atoms with Crippen LogP contribution in [0.3, 0.4) is 0 Å². The third-order valence-electron chi connectivity index (χ3n) is 3.06. The third kappa shape index (κ3) is 6.91. The fourth-order valence-corrected chi connectivity index (χ4v) is 2.13. The number of hydrazone groups is 1. The molecule has 2 aromatic rings. The second-order valence-corrected chi connectivity index (χ2v) is 6.14. The highest BCUT2D eigenvalue weighted by Gasteiger charge is 2.07. The summed E-state index contributed by atoms with van der Waals surface area (Å²) < 4.78 is 0. The minimum absolute atomic E-state index is 0.0333. The first kappa shape index (κ1) is 18.9. The first-order valence-corrected chi connectivity index (χ1v) is 8.16. The van der Waals surface area contributed by atoms with Crippen LogP contribution in [0.5, 0.6) is 0 Å². The van der Waals surface area contributed by atoms with E-state index in [1.54, 1.807) is 43.3 Å². The van der Waals surface area contributed by atoms with E-state index >= 15 is 0 Å². The highest BCUT2D eigenvalue weighted by Crippen LogP contribution is 2.10. The Balaban J connectivity index is 1.79. The Morgan fingerprint density at radius 3 is 2.36 bits per heavy atom. The summed E-state index contributed by atoms with van der Waals surface area (Å²) in [6.07, 6.45) is 1.65. The molecule has 2 N–H and O–H groups in total. The monoisotopic (exact) mass is 378 g/mol. The lowest BCUT2D eigenvalue weighted by Gasteiger charge is -2.05. The number of rotatable bonds is 6. The highest BCUT2D eigenvalue weighted by atomic mass is 35.5. The van der Waals surface area contributed by atoms with Crippen molar-refractivity contribution in [3.63, 3.8) is 0 Å². The van der Waals surface area contributed by atoms with Crippen molar-refractivity contribution in [2.75, 3.05) is 5.32 Å². The van der Waals surface area contributed by atoms with Gasteiger partial charge in [0.2, 0.25) is 11.8 Å². The zero-order valence-electron chi connectivity index (χ0n) is 13.4. The molecule has 1 aromatic carbocycles. The molecular formula is C17H16Cl2N4O2. The molecule has 0 spiro atoms. The molecular weight excluding hydrogens is 363 g/mol. The molecule has 0 fully saturated rings. The topological polar surface area (TPSA) is 83.4 Å². The SMILES string of the molecule is CC(CC(=O)Nc1ccc(Cl)cn1)=NNC(=O)Cc1ccc(Cl)cc1. The van der Waals surface area contributed by atoms with Crippen LogP contribution in [0.1, 0.15) is 18.9 Å². The summed E-state index contributed by atoms with van der Waals surface area (Å²) in [6.45, 7) is 1.65. The maximum absolute atomic E-state index is 11.9. The summed E-state index contributed by atoms with van der Waals surface area (Å²) in [4.78, 5) is 27.7. The van der Waals surface area contributed by atoms with Gasteiger partial charge in [0.1, 0.15) is 5.82 Å². The fourth-order valence-electron chi connectivity index (χ4n) is 1.89. The van der Waals surface area contributed by atoms with E-state index in [0.29, 0.717) is 21.6 Å². The standard InChI is InChI=1S/C17H16Cl2N4O2/c1-11(8-16(24)21-15-7-6-14(19)10-20-15)22-23-17(25)9-12-2-4-13(18)5-3-12/h2-7,10H,8-9H2,1H3,(H,23,25)(H,20,21,24). The van der Waals surface area contributed by atoms with Crippen molar-refractivity contribution >= 4 is 46.5 Å². The summed E-state index contributed by atoms with van der Waals surface area (Å²) in [5.74, 6) is -0.168. The maximum Gasteiger partial charge on any atom is 0.244 e. The summed E-state index contributed by atoms with van der Waals surface area (Å²) in [7, 11) is 0. The van der Waals surface area contributed by atoms with E-state index < -0.39 is 0 Å². The van der Waals surface area contributed by atoms with Gasteiger partial charge in [-0.15, -0.1) is 0 Å².